The predicted molar refractivity (Wildman–Crippen MR) is 109 cm³/mol. The van der Waals surface area contributed by atoms with Gasteiger partial charge in [0, 0.05) is 18.3 Å². The summed E-state index contributed by atoms with van der Waals surface area (Å²) < 4.78 is 1.56. The second-order valence-electron chi connectivity index (χ2n) is 6.79. The zero-order valence-corrected chi connectivity index (χ0v) is 15.9. The van der Waals surface area contributed by atoms with Gasteiger partial charge in [-0.3, -0.25) is 14.6 Å². The van der Waals surface area contributed by atoms with Crippen LogP contribution in [0.1, 0.15) is 25.5 Å². The van der Waals surface area contributed by atoms with Gasteiger partial charge in [0.15, 0.2) is 0 Å². The Morgan fingerprint density at radius 2 is 1.71 bits per heavy atom. The lowest BCUT2D eigenvalue weighted by Gasteiger charge is -2.08. The van der Waals surface area contributed by atoms with Crippen LogP contribution in [0, 0.1) is 0 Å². The Morgan fingerprint density at radius 3 is 2.39 bits per heavy atom. The highest BCUT2D eigenvalue weighted by Gasteiger charge is 2.15. The summed E-state index contributed by atoms with van der Waals surface area (Å²) in [6.45, 7) is 2.15. The molecule has 2 heterocycles. The average Bonchev–Trinajstić information content (AvgIpc) is 3.35. The number of nitrogens with zero attached hydrogens (tertiary/aromatic N) is 4. The van der Waals surface area contributed by atoms with Gasteiger partial charge in [-0.25, -0.2) is 0 Å². The van der Waals surface area contributed by atoms with Gasteiger partial charge in [-0.05, 0) is 34.7 Å². The van der Waals surface area contributed by atoms with Gasteiger partial charge in [0.2, 0.25) is 5.82 Å². The van der Waals surface area contributed by atoms with Crippen LogP contribution in [-0.4, -0.2) is 30.4 Å². The van der Waals surface area contributed by atoms with Gasteiger partial charge in [-0.15, -0.1) is 10.2 Å². The van der Waals surface area contributed by atoms with E-state index in [1.807, 2.05) is 48.5 Å². The van der Waals surface area contributed by atoms with Crippen LogP contribution in [0.15, 0.2) is 53.3 Å². The lowest BCUT2D eigenvalue weighted by molar-refractivity contribution is 0.699. The molecule has 2 N–H and O–H groups in total. The topological polar surface area (TPSA) is 92.2 Å². The molecule has 2 aromatic carbocycles. The highest BCUT2D eigenvalue weighted by Crippen LogP contribution is 2.31. The summed E-state index contributed by atoms with van der Waals surface area (Å²) in [4.78, 5) is 12.6. The second kappa shape index (κ2) is 7.64. The van der Waals surface area contributed by atoms with E-state index < -0.39 is 0 Å². The fourth-order valence-corrected chi connectivity index (χ4v) is 3.46. The van der Waals surface area contributed by atoms with E-state index in [1.54, 1.807) is 11.7 Å². The van der Waals surface area contributed by atoms with Gasteiger partial charge in [0.25, 0.3) is 5.56 Å². The number of hydrogen-bond donors (Lipinski definition) is 2. The molecule has 0 saturated carbocycles. The van der Waals surface area contributed by atoms with Crippen molar-refractivity contribution in [2.24, 2.45) is 7.05 Å². The number of unbranched alkanes of at least 4 members (excludes halogenated alkanes) is 1. The van der Waals surface area contributed by atoms with Crippen LogP contribution >= 0.6 is 0 Å². The van der Waals surface area contributed by atoms with Crippen molar-refractivity contribution in [2.45, 2.75) is 26.2 Å². The number of rotatable bonds is 6. The minimum atomic E-state index is 0.00560. The molecule has 0 aliphatic rings. The normalized spacial score (nSPS) is 11.1. The molecule has 0 aliphatic heterocycles. The maximum atomic E-state index is 12.6. The van der Waals surface area contributed by atoms with Crippen molar-refractivity contribution in [2.75, 3.05) is 0 Å². The number of aromatic amines is 2. The Morgan fingerprint density at radius 1 is 1.00 bits per heavy atom. The maximum Gasteiger partial charge on any atom is 0.274 e. The van der Waals surface area contributed by atoms with Crippen molar-refractivity contribution >= 4 is 0 Å². The Hall–Kier alpha value is -3.48. The zero-order chi connectivity index (χ0) is 19.5. The molecule has 0 unspecified atom stereocenters. The third-order valence-corrected chi connectivity index (χ3v) is 4.90. The summed E-state index contributed by atoms with van der Waals surface area (Å²) in [6, 6.07) is 16.0. The van der Waals surface area contributed by atoms with E-state index in [1.165, 1.54) is 0 Å². The fourth-order valence-electron chi connectivity index (χ4n) is 3.46. The highest BCUT2D eigenvalue weighted by atomic mass is 16.1. The molecule has 0 aliphatic carbocycles. The van der Waals surface area contributed by atoms with Gasteiger partial charge in [-0.1, -0.05) is 61.9 Å². The lowest BCUT2D eigenvalue weighted by atomic mass is 9.96. The molecule has 28 heavy (non-hydrogen) atoms. The zero-order valence-electron chi connectivity index (χ0n) is 15.9. The molecule has 0 radical (unpaired) electrons. The summed E-state index contributed by atoms with van der Waals surface area (Å²) in [6.07, 6.45) is 3.00. The van der Waals surface area contributed by atoms with Crippen molar-refractivity contribution in [3.8, 4) is 33.6 Å². The van der Waals surface area contributed by atoms with E-state index in [2.05, 4.69) is 32.6 Å². The molecule has 0 amide bonds. The SMILES string of the molecule is CCCCc1[nH]n(C)c(=O)c1-c1ccc(-c2ccccc2-c2nn[nH]n2)cc1. The molecule has 0 bridgehead atoms. The Labute approximate surface area is 162 Å². The molecule has 4 aromatic rings. The number of H-pyrrole nitrogens is 2. The minimum absolute atomic E-state index is 0.00560. The third-order valence-electron chi connectivity index (χ3n) is 4.90. The number of tetrazole rings is 1. The van der Waals surface area contributed by atoms with Crippen molar-refractivity contribution in [3.05, 3.63) is 64.6 Å². The number of benzene rings is 2. The average molecular weight is 374 g/mol. The highest BCUT2D eigenvalue weighted by molar-refractivity contribution is 5.81. The number of aryl methyl sites for hydroxylation is 2. The van der Waals surface area contributed by atoms with Gasteiger partial charge >= 0.3 is 0 Å². The van der Waals surface area contributed by atoms with E-state index in [-0.39, 0.29) is 5.56 Å². The van der Waals surface area contributed by atoms with E-state index in [4.69, 9.17) is 0 Å². The van der Waals surface area contributed by atoms with E-state index >= 15 is 0 Å². The van der Waals surface area contributed by atoms with Gasteiger partial charge < -0.3 is 0 Å². The first-order valence-corrected chi connectivity index (χ1v) is 9.40. The molecule has 2 aromatic heterocycles. The standard InChI is InChI=1S/C21H22N6O/c1-3-4-9-18-19(21(28)27(2)24-18)15-12-10-14(11-13-15)16-7-5-6-8-17(16)20-22-25-26-23-20/h5-8,10-13,24H,3-4,9H2,1-2H3,(H,22,23,25,26). The molecule has 7 nitrogen and oxygen atoms in total. The fraction of sp³-hybridized carbons (Fsp3) is 0.238. The molecule has 142 valence electrons. The molecule has 0 saturated heterocycles. The van der Waals surface area contributed by atoms with Crippen LogP contribution in [0.5, 0.6) is 0 Å². The van der Waals surface area contributed by atoms with E-state index in [9.17, 15) is 4.79 Å². The van der Waals surface area contributed by atoms with Crippen LogP contribution in [0.3, 0.4) is 0 Å². The first kappa shape index (κ1) is 17.9. The van der Waals surface area contributed by atoms with Crippen molar-refractivity contribution in [1.82, 2.24) is 30.4 Å². The number of hydrogen-bond acceptors (Lipinski definition) is 4. The van der Waals surface area contributed by atoms with Crippen LogP contribution in [0.2, 0.25) is 0 Å². The molecular formula is C21H22N6O. The summed E-state index contributed by atoms with van der Waals surface area (Å²) >= 11 is 0. The largest absolute Gasteiger partial charge is 0.299 e. The van der Waals surface area contributed by atoms with Crippen molar-refractivity contribution in [1.29, 1.82) is 0 Å². The van der Waals surface area contributed by atoms with E-state index in [0.717, 1.165) is 52.8 Å². The first-order valence-electron chi connectivity index (χ1n) is 9.40. The molecule has 7 heteroatoms. The third kappa shape index (κ3) is 3.26. The smallest absolute Gasteiger partial charge is 0.274 e. The lowest BCUT2D eigenvalue weighted by Crippen LogP contribution is -2.13. The van der Waals surface area contributed by atoms with Crippen LogP contribution in [0.25, 0.3) is 33.6 Å². The summed E-state index contributed by atoms with van der Waals surface area (Å²) in [5, 5.41) is 17.5. The van der Waals surface area contributed by atoms with Gasteiger partial charge in [0.05, 0.1) is 5.56 Å². The van der Waals surface area contributed by atoms with Crippen molar-refractivity contribution in [3.63, 3.8) is 0 Å². The predicted octanol–water partition coefficient (Wildman–Crippen LogP) is 3.57. The summed E-state index contributed by atoms with van der Waals surface area (Å²) in [5.74, 6) is 0.557. The first-order chi connectivity index (χ1) is 13.7. The maximum absolute atomic E-state index is 12.6. The molecule has 4 rings (SSSR count). The van der Waals surface area contributed by atoms with Crippen LogP contribution in [0.4, 0.5) is 0 Å². The van der Waals surface area contributed by atoms with Gasteiger partial charge in [-0.2, -0.15) is 5.21 Å². The van der Waals surface area contributed by atoms with Crippen LogP contribution in [-0.2, 0) is 13.5 Å². The van der Waals surface area contributed by atoms with Gasteiger partial charge in [0.1, 0.15) is 0 Å². The molecule has 0 atom stereocenters. The number of nitrogens with one attached hydrogen (secondary N) is 2. The summed E-state index contributed by atoms with van der Waals surface area (Å²) in [5.41, 5.74) is 5.64. The minimum Gasteiger partial charge on any atom is -0.299 e. The number of aromatic nitrogens is 6. The Balaban J connectivity index is 1.73. The quantitative estimate of drug-likeness (QED) is 0.540. The molecule has 0 fully saturated rings. The molecular weight excluding hydrogens is 352 g/mol. The van der Waals surface area contributed by atoms with E-state index in [0.29, 0.717) is 5.82 Å². The van der Waals surface area contributed by atoms with Crippen LogP contribution < -0.4 is 5.56 Å². The molecule has 0 spiro atoms. The van der Waals surface area contributed by atoms with Crippen molar-refractivity contribution < 1.29 is 0 Å². The monoisotopic (exact) mass is 374 g/mol. The Kier molecular flexibility index (Phi) is 4.89. The summed E-state index contributed by atoms with van der Waals surface area (Å²) in [7, 11) is 1.76. The Bertz CT molecular complexity index is 1120. The second-order valence-corrected chi connectivity index (χ2v) is 6.79.